The van der Waals surface area contributed by atoms with E-state index in [2.05, 4.69) is 27.7 Å². The molecule has 0 aliphatic rings. The number of unbranched alkanes of at least 4 members (excludes halogenated alkanes) is 33. The van der Waals surface area contributed by atoms with Crippen LogP contribution in [0.5, 0.6) is 0 Å². The van der Waals surface area contributed by atoms with Crippen molar-refractivity contribution in [2.45, 2.75) is 265 Å². The van der Waals surface area contributed by atoms with Gasteiger partial charge in [-0.05, 0) is 44.9 Å². The van der Waals surface area contributed by atoms with Crippen LogP contribution in [0.3, 0.4) is 0 Å². The molecule has 0 aliphatic heterocycles. The van der Waals surface area contributed by atoms with Gasteiger partial charge < -0.3 is 4.48 Å². The monoisotopic (exact) mass is 663 g/mol. The first kappa shape index (κ1) is 49.1. The topological polar surface area (TPSA) is 0 Å². The molecule has 2 heteroatoms. The van der Waals surface area contributed by atoms with E-state index < -0.39 is 0 Å². The smallest absolute Gasteiger partial charge is 0.0814 e. The molecule has 0 rings (SSSR count). The first-order chi connectivity index (χ1) is 22.7. The predicted molar refractivity (Wildman–Crippen MR) is 223 cm³/mol. The molecule has 0 aromatic heterocycles. The lowest BCUT2D eigenvalue weighted by Crippen LogP contribution is -2.50. The van der Waals surface area contributed by atoms with E-state index in [1.54, 1.807) is 0 Å². The average molecular weight is 663 g/mol. The van der Waals surface area contributed by atoms with Gasteiger partial charge in [-0.1, -0.05) is 220 Å². The molecule has 0 bridgehead atoms. The van der Waals surface area contributed by atoms with E-state index in [0.29, 0.717) is 0 Å². The van der Waals surface area contributed by atoms with E-state index in [4.69, 9.17) is 0 Å². The summed E-state index contributed by atoms with van der Waals surface area (Å²) in [7, 11) is 0. The molecule has 0 fully saturated rings. The molecule has 0 aromatic rings. The van der Waals surface area contributed by atoms with Crippen molar-refractivity contribution in [2.24, 2.45) is 0 Å². The maximum Gasteiger partial charge on any atom is 0.0814 e. The van der Waals surface area contributed by atoms with Gasteiger partial charge in [0, 0.05) is 0 Å². The summed E-state index contributed by atoms with van der Waals surface area (Å²) in [5.74, 6) is 0. The second-order valence-electron chi connectivity index (χ2n) is 15.9. The zero-order chi connectivity index (χ0) is 33.5. The lowest BCUT2D eigenvalue weighted by molar-refractivity contribution is -0.929. The minimum atomic E-state index is 0. The van der Waals surface area contributed by atoms with E-state index in [1.165, 1.54) is 268 Å². The van der Waals surface area contributed by atoms with Crippen molar-refractivity contribution in [1.29, 1.82) is 0 Å². The molecule has 0 amide bonds. The Morgan fingerprint density at radius 1 is 0.191 bits per heavy atom. The number of quaternary nitrogens is 1. The maximum atomic E-state index is 2.46. The Hall–Kier alpha value is 0.0249. The van der Waals surface area contributed by atoms with Gasteiger partial charge in [0.05, 0.1) is 34.6 Å². The summed E-state index contributed by atoms with van der Waals surface area (Å²) in [5.41, 5.74) is 0. The molecule has 47 heavy (non-hydrogen) atoms. The Morgan fingerprint density at radius 3 is 0.532 bits per heavy atom. The molecule has 0 saturated carbocycles. The molecule has 0 saturated heterocycles. The Kier molecular flexibility index (Phi) is 44.1. The van der Waals surface area contributed by atoms with Crippen molar-refractivity contribution in [3.63, 3.8) is 0 Å². The molecule has 0 spiro atoms. The molecule has 1 nitrogen and oxygen atoms in total. The highest BCUT2D eigenvalue weighted by atomic mass is 15.3. The summed E-state index contributed by atoms with van der Waals surface area (Å²) in [6.07, 6.45) is 54.3. The largest absolute Gasteiger partial charge is 0.324 e. The second kappa shape index (κ2) is 42.2. The zero-order valence-corrected chi connectivity index (χ0v) is 33.4. The van der Waals surface area contributed by atoms with Crippen molar-refractivity contribution >= 4 is 8.41 Å². The Labute approximate surface area is 303 Å². The average Bonchev–Trinajstić information content (AvgIpc) is 3.06. The molecule has 0 atom stereocenters. The molecule has 0 aliphatic carbocycles. The summed E-state index contributed by atoms with van der Waals surface area (Å²) in [6.45, 7) is 15.3. The highest BCUT2D eigenvalue weighted by Crippen LogP contribution is 2.20. The minimum Gasteiger partial charge on any atom is -0.324 e. The summed E-state index contributed by atoms with van der Waals surface area (Å²) < 4.78 is 1.46. The summed E-state index contributed by atoms with van der Waals surface area (Å²) >= 11 is 0. The molecule has 284 valence electrons. The quantitative estimate of drug-likeness (QED) is 0.0347. The van der Waals surface area contributed by atoms with Gasteiger partial charge in [0.2, 0.25) is 0 Å². The predicted octanol–water partition coefficient (Wildman–Crippen LogP) is 15.1. The number of hydrogen-bond donors (Lipinski definition) is 0. The number of nitrogens with zero attached hydrogens (tertiary/aromatic N) is 1. The van der Waals surface area contributed by atoms with Crippen LogP contribution in [0.15, 0.2) is 0 Å². The van der Waals surface area contributed by atoms with E-state index in [1.807, 2.05) is 0 Å². The van der Waals surface area contributed by atoms with Gasteiger partial charge in [0.25, 0.3) is 0 Å². The van der Waals surface area contributed by atoms with Crippen LogP contribution < -0.4 is 0 Å². The van der Waals surface area contributed by atoms with Crippen molar-refractivity contribution < 1.29 is 4.48 Å². The van der Waals surface area contributed by atoms with E-state index in [9.17, 15) is 0 Å². The fourth-order valence-electron chi connectivity index (χ4n) is 8.01. The van der Waals surface area contributed by atoms with Crippen LogP contribution in [-0.4, -0.2) is 39.1 Å². The Morgan fingerprint density at radius 2 is 0.362 bits per heavy atom. The first-order valence-corrected chi connectivity index (χ1v) is 22.6. The van der Waals surface area contributed by atoms with Crippen molar-refractivity contribution in [3.05, 3.63) is 0 Å². The van der Waals surface area contributed by atoms with Crippen LogP contribution in [-0.2, 0) is 0 Å². The fraction of sp³-hybridized carbons (Fsp3) is 1.00. The highest BCUT2D eigenvalue weighted by molar-refractivity contribution is 5.75. The SMILES string of the molecule is B.CCCCCCCCCCCCCC[N+](CCC)(CCCCCCCCCCCCCC)CCCCCCCCCCCCCC. The molecular formula is C45H97BN+. The normalized spacial score (nSPS) is 11.7. The van der Waals surface area contributed by atoms with E-state index >= 15 is 0 Å². The van der Waals surface area contributed by atoms with Crippen LogP contribution >= 0.6 is 0 Å². The van der Waals surface area contributed by atoms with Crippen molar-refractivity contribution in [1.82, 2.24) is 0 Å². The van der Waals surface area contributed by atoms with Crippen molar-refractivity contribution in [2.75, 3.05) is 26.2 Å². The molecule has 0 aromatic carbocycles. The zero-order valence-electron chi connectivity index (χ0n) is 33.4. The van der Waals surface area contributed by atoms with Gasteiger partial charge >= 0.3 is 0 Å². The lowest BCUT2D eigenvalue weighted by Gasteiger charge is -2.39. The van der Waals surface area contributed by atoms with Crippen LogP contribution in [0, 0.1) is 0 Å². The third-order valence-corrected chi connectivity index (χ3v) is 11.2. The first-order valence-electron chi connectivity index (χ1n) is 22.6. The third-order valence-electron chi connectivity index (χ3n) is 11.2. The summed E-state index contributed by atoms with van der Waals surface area (Å²) in [4.78, 5) is 0. The number of hydrogen-bond acceptors (Lipinski definition) is 0. The van der Waals surface area contributed by atoms with E-state index in [0.717, 1.165) is 0 Å². The standard InChI is InChI=1S/C45H94N.BH3/c1-5-9-12-15-18-21-24-27-30-33-36-39-43-46(42-8-4,44-40-37-34-31-28-25-22-19-16-13-10-6-2)45-41-38-35-32-29-26-23-20-17-14-11-7-3;/h5-45H2,1-4H3;1H3/q+1;. The molecular weight excluding hydrogens is 565 g/mol. The van der Waals surface area contributed by atoms with Crippen LogP contribution in [0.4, 0.5) is 0 Å². The van der Waals surface area contributed by atoms with Gasteiger partial charge in [-0.25, -0.2) is 0 Å². The molecule has 0 radical (unpaired) electrons. The van der Waals surface area contributed by atoms with Gasteiger partial charge in [-0.15, -0.1) is 0 Å². The van der Waals surface area contributed by atoms with Gasteiger partial charge in [0.1, 0.15) is 0 Å². The fourth-order valence-corrected chi connectivity index (χ4v) is 8.01. The van der Waals surface area contributed by atoms with Gasteiger partial charge in [-0.2, -0.15) is 0 Å². The van der Waals surface area contributed by atoms with Crippen LogP contribution in [0.2, 0.25) is 0 Å². The van der Waals surface area contributed by atoms with Gasteiger partial charge in [0.15, 0.2) is 0 Å². The Balaban J connectivity index is 0. The van der Waals surface area contributed by atoms with Crippen LogP contribution in [0.1, 0.15) is 265 Å². The van der Waals surface area contributed by atoms with Crippen LogP contribution in [0.25, 0.3) is 0 Å². The van der Waals surface area contributed by atoms with E-state index in [-0.39, 0.29) is 8.41 Å². The third kappa shape index (κ3) is 37.1. The lowest BCUT2D eigenvalue weighted by atomic mass is 10.0. The number of rotatable bonds is 41. The molecule has 0 N–H and O–H groups in total. The maximum absolute atomic E-state index is 2.46. The summed E-state index contributed by atoms with van der Waals surface area (Å²) in [5, 5.41) is 0. The second-order valence-corrected chi connectivity index (χ2v) is 15.9. The minimum absolute atomic E-state index is 0. The highest BCUT2D eigenvalue weighted by Gasteiger charge is 2.25. The van der Waals surface area contributed by atoms with Crippen molar-refractivity contribution in [3.8, 4) is 0 Å². The van der Waals surface area contributed by atoms with Gasteiger partial charge in [-0.3, -0.25) is 0 Å². The summed E-state index contributed by atoms with van der Waals surface area (Å²) in [6, 6.07) is 0. The Bertz CT molecular complexity index is 465. The molecule has 0 unspecified atom stereocenters. The molecule has 0 heterocycles.